The van der Waals surface area contributed by atoms with Crippen molar-refractivity contribution in [2.75, 3.05) is 19.0 Å². The predicted molar refractivity (Wildman–Crippen MR) is 53.4 cm³/mol. The van der Waals surface area contributed by atoms with E-state index in [1.807, 2.05) is 19.0 Å². The molecule has 0 fully saturated rings. The molecule has 0 aliphatic carbocycles. The van der Waals surface area contributed by atoms with Gasteiger partial charge >= 0.3 is 7.82 Å². The summed E-state index contributed by atoms with van der Waals surface area (Å²) in [5.74, 6) is 0.156. The molecule has 0 spiro atoms. The Hall–Kier alpha value is -1.03. The summed E-state index contributed by atoms with van der Waals surface area (Å²) in [6.07, 6.45) is 0. The Bertz CT molecular complexity index is 343. The number of benzene rings is 1. The van der Waals surface area contributed by atoms with Crippen LogP contribution in [0.15, 0.2) is 24.3 Å². The lowest BCUT2D eigenvalue weighted by Crippen LogP contribution is -2.07. The first-order chi connectivity index (χ1) is 6.38. The van der Waals surface area contributed by atoms with Gasteiger partial charge < -0.3 is 9.42 Å². The summed E-state index contributed by atoms with van der Waals surface area (Å²) in [6, 6.07) is 6.44. The van der Waals surface area contributed by atoms with Crippen LogP contribution in [0.3, 0.4) is 0 Å². The molecule has 0 amide bonds. The summed E-state index contributed by atoms with van der Waals surface area (Å²) in [5.41, 5.74) is 0.933. The molecule has 1 aromatic carbocycles. The normalized spacial score (nSPS) is 11.1. The third-order valence-electron chi connectivity index (χ3n) is 1.58. The largest absolute Gasteiger partial charge is 0.524 e. The summed E-state index contributed by atoms with van der Waals surface area (Å²) in [7, 11) is -0.692. The second-order valence-electron chi connectivity index (χ2n) is 2.97. The fourth-order valence-corrected chi connectivity index (χ4v) is 1.34. The Morgan fingerprint density at radius 1 is 1.21 bits per heavy atom. The lowest BCUT2D eigenvalue weighted by atomic mass is 10.3. The topological polar surface area (TPSA) is 70.0 Å². The minimum atomic E-state index is -4.44. The quantitative estimate of drug-likeness (QED) is 0.745. The van der Waals surface area contributed by atoms with E-state index in [1.165, 1.54) is 12.1 Å². The van der Waals surface area contributed by atoms with Crippen LogP contribution in [0, 0.1) is 0 Å². The van der Waals surface area contributed by atoms with Gasteiger partial charge in [0.15, 0.2) is 0 Å². The average molecular weight is 217 g/mol. The number of nitrogens with zero attached hydrogens (tertiary/aromatic N) is 1. The zero-order chi connectivity index (χ0) is 10.8. The zero-order valence-electron chi connectivity index (χ0n) is 7.91. The van der Waals surface area contributed by atoms with Crippen molar-refractivity contribution in [1.29, 1.82) is 0 Å². The van der Waals surface area contributed by atoms with Gasteiger partial charge in [-0.1, -0.05) is 0 Å². The molecule has 1 aromatic rings. The van der Waals surface area contributed by atoms with Crippen LogP contribution in [0.1, 0.15) is 0 Å². The number of phosphoric ester groups is 1. The molecule has 14 heavy (non-hydrogen) atoms. The highest BCUT2D eigenvalue weighted by atomic mass is 31.2. The molecule has 78 valence electrons. The van der Waals surface area contributed by atoms with Crippen LogP contribution in [0.2, 0.25) is 0 Å². The van der Waals surface area contributed by atoms with Crippen molar-refractivity contribution >= 4 is 13.5 Å². The van der Waals surface area contributed by atoms with Crippen LogP contribution >= 0.6 is 7.82 Å². The van der Waals surface area contributed by atoms with Crippen LogP contribution in [0.4, 0.5) is 5.69 Å². The molecule has 0 heterocycles. The van der Waals surface area contributed by atoms with E-state index in [-0.39, 0.29) is 5.75 Å². The maximum absolute atomic E-state index is 10.5. The maximum Gasteiger partial charge on any atom is 0.524 e. The molecule has 0 atom stereocenters. The molecular weight excluding hydrogens is 205 g/mol. The number of hydrogen-bond donors (Lipinski definition) is 2. The first-order valence-corrected chi connectivity index (χ1v) is 5.44. The monoisotopic (exact) mass is 217 g/mol. The van der Waals surface area contributed by atoms with Crippen molar-refractivity contribution in [2.24, 2.45) is 0 Å². The van der Waals surface area contributed by atoms with Crippen molar-refractivity contribution in [3.63, 3.8) is 0 Å². The number of rotatable bonds is 3. The highest BCUT2D eigenvalue weighted by Gasteiger charge is 2.15. The smallest absolute Gasteiger partial charge is 0.404 e. The molecule has 1 rings (SSSR count). The van der Waals surface area contributed by atoms with Crippen molar-refractivity contribution in [1.82, 2.24) is 0 Å². The van der Waals surface area contributed by atoms with Crippen LogP contribution in [-0.2, 0) is 4.57 Å². The average Bonchev–Trinajstić information content (AvgIpc) is 2.02. The summed E-state index contributed by atoms with van der Waals surface area (Å²) >= 11 is 0. The molecule has 5 nitrogen and oxygen atoms in total. The second-order valence-corrected chi connectivity index (χ2v) is 4.13. The van der Waals surface area contributed by atoms with Gasteiger partial charge in [0.1, 0.15) is 5.75 Å². The van der Waals surface area contributed by atoms with E-state index in [0.717, 1.165) is 5.69 Å². The summed E-state index contributed by atoms with van der Waals surface area (Å²) in [6.45, 7) is 0. The van der Waals surface area contributed by atoms with E-state index in [2.05, 4.69) is 4.52 Å². The fourth-order valence-electron chi connectivity index (χ4n) is 0.942. The molecule has 0 saturated heterocycles. The van der Waals surface area contributed by atoms with Crippen molar-refractivity contribution < 1.29 is 18.9 Å². The maximum atomic E-state index is 10.5. The van der Waals surface area contributed by atoms with Gasteiger partial charge in [-0.25, -0.2) is 4.57 Å². The minimum Gasteiger partial charge on any atom is -0.404 e. The molecule has 0 unspecified atom stereocenters. The predicted octanol–water partition coefficient (Wildman–Crippen LogP) is 1.22. The SMILES string of the molecule is CN(C)c1ccc(OP(=O)(O)O)cc1. The number of hydrogen-bond acceptors (Lipinski definition) is 3. The molecule has 0 saturated carbocycles. The molecule has 0 bridgehead atoms. The Labute approximate surface area is 82.2 Å². The lowest BCUT2D eigenvalue weighted by molar-refractivity contribution is 0.283. The molecule has 0 aliphatic rings. The van der Waals surface area contributed by atoms with Crippen molar-refractivity contribution in [3.05, 3.63) is 24.3 Å². The van der Waals surface area contributed by atoms with Gasteiger partial charge in [0.05, 0.1) is 0 Å². The first kappa shape index (κ1) is 11.0. The van der Waals surface area contributed by atoms with E-state index >= 15 is 0 Å². The van der Waals surface area contributed by atoms with Crippen LogP contribution in [0.25, 0.3) is 0 Å². The molecule has 0 radical (unpaired) electrons. The lowest BCUT2D eigenvalue weighted by Gasteiger charge is -2.13. The Balaban J connectivity index is 2.79. The third kappa shape index (κ3) is 3.38. The summed E-state index contributed by atoms with van der Waals surface area (Å²) < 4.78 is 14.9. The van der Waals surface area contributed by atoms with Gasteiger partial charge in [-0.2, -0.15) is 0 Å². The summed E-state index contributed by atoms with van der Waals surface area (Å²) in [5, 5.41) is 0. The first-order valence-electron chi connectivity index (χ1n) is 3.91. The minimum absolute atomic E-state index is 0.156. The summed E-state index contributed by atoms with van der Waals surface area (Å²) in [4.78, 5) is 18.9. The van der Waals surface area contributed by atoms with E-state index in [4.69, 9.17) is 9.79 Å². The Morgan fingerprint density at radius 2 is 1.71 bits per heavy atom. The third-order valence-corrected chi connectivity index (χ3v) is 2.03. The number of phosphoric acid groups is 1. The molecule has 0 aliphatic heterocycles. The van der Waals surface area contributed by atoms with Gasteiger partial charge in [-0.3, -0.25) is 9.79 Å². The molecule has 2 N–H and O–H groups in total. The van der Waals surface area contributed by atoms with Gasteiger partial charge in [0.2, 0.25) is 0 Å². The van der Waals surface area contributed by atoms with E-state index < -0.39 is 7.82 Å². The standard InChI is InChI=1S/C8H12NO4P/c1-9(2)7-3-5-8(6-4-7)13-14(10,11)12/h3-6H,1-2H3,(H2,10,11,12). The van der Waals surface area contributed by atoms with Crippen LogP contribution in [0.5, 0.6) is 5.75 Å². The molecular formula is C8H12NO4P. The Morgan fingerprint density at radius 3 is 2.07 bits per heavy atom. The second kappa shape index (κ2) is 4.00. The van der Waals surface area contributed by atoms with Crippen LogP contribution in [-0.4, -0.2) is 23.9 Å². The fraction of sp³-hybridized carbons (Fsp3) is 0.250. The van der Waals surface area contributed by atoms with Gasteiger partial charge in [-0.15, -0.1) is 0 Å². The highest BCUT2D eigenvalue weighted by Crippen LogP contribution is 2.37. The van der Waals surface area contributed by atoms with Crippen molar-refractivity contribution in [2.45, 2.75) is 0 Å². The van der Waals surface area contributed by atoms with Gasteiger partial charge in [0.25, 0.3) is 0 Å². The Kier molecular flexibility index (Phi) is 3.16. The zero-order valence-corrected chi connectivity index (χ0v) is 8.81. The van der Waals surface area contributed by atoms with Gasteiger partial charge in [0, 0.05) is 19.8 Å². The van der Waals surface area contributed by atoms with Crippen molar-refractivity contribution in [3.8, 4) is 5.75 Å². The molecule has 0 aromatic heterocycles. The highest BCUT2D eigenvalue weighted by molar-refractivity contribution is 7.46. The van der Waals surface area contributed by atoms with Crippen LogP contribution < -0.4 is 9.42 Å². The van der Waals surface area contributed by atoms with E-state index in [1.54, 1.807) is 12.1 Å². The van der Waals surface area contributed by atoms with Gasteiger partial charge in [-0.05, 0) is 24.3 Å². The molecule has 6 heteroatoms. The van der Waals surface area contributed by atoms with E-state index in [9.17, 15) is 4.57 Å². The van der Waals surface area contributed by atoms with E-state index in [0.29, 0.717) is 0 Å². The number of anilines is 1.